The van der Waals surface area contributed by atoms with Crippen LogP contribution in [-0.4, -0.2) is 28.3 Å². The number of esters is 1. The highest BCUT2D eigenvalue weighted by Crippen LogP contribution is 2.33. The Kier molecular flexibility index (Phi) is 2.27. The predicted octanol–water partition coefficient (Wildman–Crippen LogP) is 1.41. The lowest BCUT2D eigenvalue weighted by molar-refractivity contribution is -0.145. The molecule has 14 heavy (non-hydrogen) atoms. The number of amides is 1. The normalized spacial score (nSPS) is 22.5. The van der Waals surface area contributed by atoms with Crippen LogP contribution in [0.15, 0.2) is 12.3 Å². The van der Waals surface area contributed by atoms with Gasteiger partial charge in [0.2, 0.25) is 0 Å². The molecule has 0 spiro atoms. The molecule has 1 aliphatic rings. The van der Waals surface area contributed by atoms with Gasteiger partial charge >= 0.3 is 12.1 Å². The zero-order valence-corrected chi connectivity index (χ0v) is 8.40. The van der Waals surface area contributed by atoms with Crippen LogP contribution in [-0.2, 0) is 9.53 Å². The summed E-state index contributed by atoms with van der Waals surface area (Å²) in [6.07, 6.45) is -2.01. The molecule has 5 nitrogen and oxygen atoms in total. The molecule has 1 aliphatic heterocycles. The summed E-state index contributed by atoms with van der Waals surface area (Å²) in [6.45, 7) is 8.75. The van der Waals surface area contributed by atoms with E-state index in [-0.39, 0.29) is 5.70 Å². The molecule has 0 radical (unpaired) electrons. The summed E-state index contributed by atoms with van der Waals surface area (Å²) in [7, 11) is 0. The second-order valence-corrected chi connectivity index (χ2v) is 4.22. The fraction of sp³-hybridized carbons (Fsp3) is 0.556. The van der Waals surface area contributed by atoms with Gasteiger partial charge in [0.05, 0.1) is 0 Å². The van der Waals surface area contributed by atoms with Crippen molar-refractivity contribution in [2.75, 3.05) is 0 Å². The van der Waals surface area contributed by atoms with E-state index in [1.807, 2.05) is 0 Å². The third-order valence-electron chi connectivity index (χ3n) is 1.93. The zero-order valence-electron chi connectivity index (χ0n) is 8.40. The van der Waals surface area contributed by atoms with Crippen LogP contribution in [0.4, 0.5) is 4.79 Å². The molecule has 0 bridgehead atoms. The van der Waals surface area contributed by atoms with Gasteiger partial charge in [0.1, 0.15) is 5.70 Å². The van der Waals surface area contributed by atoms with E-state index in [0.717, 1.165) is 4.90 Å². The van der Waals surface area contributed by atoms with Crippen LogP contribution in [0.5, 0.6) is 0 Å². The third kappa shape index (κ3) is 1.57. The molecule has 1 fully saturated rings. The fourth-order valence-electron chi connectivity index (χ4n) is 1.24. The number of rotatable bonds is 0. The van der Waals surface area contributed by atoms with Crippen LogP contribution < -0.4 is 0 Å². The molecule has 0 aliphatic carbocycles. The first-order valence-electron chi connectivity index (χ1n) is 4.17. The second-order valence-electron chi connectivity index (χ2n) is 4.22. The Hall–Kier alpha value is -1.52. The van der Waals surface area contributed by atoms with Gasteiger partial charge in [-0.15, -0.1) is 0 Å². The summed E-state index contributed by atoms with van der Waals surface area (Å²) in [6, 6.07) is 0. The minimum atomic E-state index is -1.22. The number of cyclic esters (lactones) is 1. The molecule has 0 saturated carbocycles. The van der Waals surface area contributed by atoms with Crippen molar-refractivity contribution in [1.29, 1.82) is 0 Å². The predicted molar refractivity (Wildman–Crippen MR) is 48.3 cm³/mol. The highest BCUT2D eigenvalue weighted by molar-refractivity contribution is 5.94. The molecule has 1 amide bonds. The summed E-state index contributed by atoms with van der Waals surface area (Å²) < 4.78 is 4.92. The van der Waals surface area contributed by atoms with Crippen LogP contribution in [0.2, 0.25) is 0 Å². The number of ether oxygens (including phenoxy) is 1. The molecular formula is C9H13NO4. The maximum atomic E-state index is 11.1. The lowest BCUT2D eigenvalue weighted by Crippen LogP contribution is -2.42. The van der Waals surface area contributed by atoms with Gasteiger partial charge in [0, 0.05) is 5.41 Å². The molecular weight excluding hydrogens is 186 g/mol. The molecule has 1 heterocycles. The number of carbonyl (C=O) groups excluding carboxylic acids is 1. The number of carbonyl (C=O) groups is 2. The second kappa shape index (κ2) is 3.01. The number of carboxylic acid groups (broad SMARTS) is 1. The molecule has 0 unspecified atom stereocenters. The molecule has 1 saturated heterocycles. The average Bonchev–Trinajstić information content (AvgIpc) is 2.27. The van der Waals surface area contributed by atoms with E-state index in [1.54, 1.807) is 20.8 Å². The lowest BCUT2D eigenvalue weighted by Gasteiger charge is -2.30. The van der Waals surface area contributed by atoms with Crippen molar-refractivity contribution in [3.63, 3.8) is 0 Å². The van der Waals surface area contributed by atoms with Crippen molar-refractivity contribution in [3.05, 3.63) is 12.3 Å². The van der Waals surface area contributed by atoms with Gasteiger partial charge in [-0.2, -0.15) is 0 Å². The highest BCUT2D eigenvalue weighted by Gasteiger charge is 2.46. The molecule has 0 aromatic carbocycles. The van der Waals surface area contributed by atoms with Crippen molar-refractivity contribution in [1.82, 2.24) is 4.90 Å². The van der Waals surface area contributed by atoms with Crippen molar-refractivity contribution < 1.29 is 19.4 Å². The first-order valence-corrected chi connectivity index (χ1v) is 4.17. The molecule has 78 valence electrons. The first-order chi connectivity index (χ1) is 6.25. The fourth-order valence-corrected chi connectivity index (χ4v) is 1.24. The third-order valence-corrected chi connectivity index (χ3v) is 1.93. The first kappa shape index (κ1) is 10.6. The Morgan fingerprint density at radius 1 is 1.57 bits per heavy atom. The quantitative estimate of drug-likeness (QED) is 0.473. The standard InChI is InChI=1S/C9H13NO4/c1-5-6(11)14-7(9(2,3)4)10(5)8(12)13/h7H,1H2,2-4H3,(H,12,13)/t7-/m1/s1. The van der Waals surface area contributed by atoms with E-state index >= 15 is 0 Å². The van der Waals surface area contributed by atoms with Gasteiger partial charge in [0.15, 0.2) is 6.23 Å². The maximum Gasteiger partial charge on any atom is 0.415 e. The Morgan fingerprint density at radius 3 is 2.36 bits per heavy atom. The molecule has 1 rings (SSSR count). The summed E-state index contributed by atoms with van der Waals surface area (Å²) >= 11 is 0. The van der Waals surface area contributed by atoms with Crippen molar-refractivity contribution >= 4 is 12.1 Å². The van der Waals surface area contributed by atoms with Crippen molar-refractivity contribution in [2.45, 2.75) is 27.0 Å². The van der Waals surface area contributed by atoms with Gasteiger partial charge in [-0.3, -0.25) is 0 Å². The molecule has 5 heteroatoms. The number of hydrogen-bond donors (Lipinski definition) is 1. The minimum Gasteiger partial charge on any atom is -0.465 e. The van der Waals surface area contributed by atoms with Gasteiger partial charge in [-0.05, 0) is 0 Å². The Balaban J connectivity index is 3.03. The molecule has 0 aromatic heterocycles. The van der Waals surface area contributed by atoms with E-state index < -0.39 is 23.7 Å². The van der Waals surface area contributed by atoms with Crippen molar-refractivity contribution in [2.24, 2.45) is 5.41 Å². The van der Waals surface area contributed by atoms with Gasteiger partial charge in [-0.1, -0.05) is 27.4 Å². The average molecular weight is 199 g/mol. The zero-order chi connectivity index (χ0) is 11.1. The number of nitrogens with zero attached hydrogens (tertiary/aromatic N) is 1. The van der Waals surface area contributed by atoms with E-state index in [0.29, 0.717) is 0 Å². The highest BCUT2D eigenvalue weighted by atomic mass is 16.6. The Morgan fingerprint density at radius 2 is 2.07 bits per heavy atom. The number of hydrogen-bond acceptors (Lipinski definition) is 3. The minimum absolute atomic E-state index is 0.127. The van der Waals surface area contributed by atoms with Crippen LogP contribution in [0.3, 0.4) is 0 Å². The smallest absolute Gasteiger partial charge is 0.415 e. The topological polar surface area (TPSA) is 66.8 Å². The van der Waals surface area contributed by atoms with Gasteiger partial charge < -0.3 is 9.84 Å². The van der Waals surface area contributed by atoms with Crippen LogP contribution in [0.25, 0.3) is 0 Å². The molecule has 0 aromatic rings. The SMILES string of the molecule is C=C1C(=O)O[C@H](C(C)(C)C)N1C(=O)O. The Labute approximate surface area is 82.0 Å². The summed E-state index contributed by atoms with van der Waals surface area (Å²) in [5.74, 6) is -0.674. The molecule has 1 atom stereocenters. The Bertz CT molecular complexity index is 302. The van der Waals surface area contributed by atoms with Gasteiger partial charge in [0.25, 0.3) is 0 Å². The van der Waals surface area contributed by atoms with E-state index in [1.165, 1.54) is 0 Å². The van der Waals surface area contributed by atoms with Crippen LogP contribution in [0, 0.1) is 5.41 Å². The monoisotopic (exact) mass is 199 g/mol. The summed E-state index contributed by atoms with van der Waals surface area (Å²) in [5.41, 5.74) is -0.592. The van der Waals surface area contributed by atoms with Crippen LogP contribution in [0.1, 0.15) is 20.8 Å². The largest absolute Gasteiger partial charge is 0.465 e. The van der Waals surface area contributed by atoms with E-state index in [2.05, 4.69) is 6.58 Å². The van der Waals surface area contributed by atoms with E-state index in [9.17, 15) is 9.59 Å². The summed E-state index contributed by atoms with van der Waals surface area (Å²) in [5, 5.41) is 8.87. The maximum absolute atomic E-state index is 11.1. The van der Waals surface area contributed by atoms with Crippen molar-refractivity contribution in [3.8, 4) is 0 Å². The van der Waals surface area contributed by atoms with E-state index in [4.69, 9.17) is 9.84 Å². The molecule has 1 N–H and O–H groups in total. The summed E-state index contributed by atoms with van der Waals surface area (Å²) in [4.78, 5) is 22.8. The van der Waals surface area contributed by atoms with Crippen LogP contribution >= 0.6 is 0 Å². The van der Waals surface area contributed by atoms with Gasteiger partial charge in [-0.25, -0.2) is 14.5 Å². The lowest BCUT2D eigenvalue weighted by atomic mass is 9.93.